The fourth-order valence-electron chi connectivity index (χ4n) is 4.58. The Balaban J connectivity index is 1.30. The van der Waals surface area contributed by atoms with Crippen molar-refractivity contribution in [1.82, 2.24) is 0 Å². The van der Waals surface area contributed by atoms with Gasteiger partial charge in [0, 0.05) is 17.4 Å². The summed E-state index contributed by atoms with van der Waals surface area (Å²) in [4.78, 5) is 12.2. The van der Waals surface area contributed by atoms with Gasteiger partial charge in [0.15, 0.2) is 0 Å². The van der Waals surface area contributed by atoms with Gasteiger partial charge in [0.2, 0.25) is 0 Å². The number of aryl methyl sites for hydroxylation is 2. The van der Waals surface area contributed by atoms with Crippen molar-refractivity contribution in [3.63, 3.8) is 0 Å². The van der Waals surface area contributed by atoms with Gasteiger partial charge in [-0.25, -0.2) is 0 Å². The Kier molecular flexibility index (Phi) is 8.31. The van der Waals surface area contributed by atoms with Crippen LogP contribution in [0.2, 0.25) is 0 Å². The number of carbonyl (C=O) groups excluding carboxylic acids is 1. The minimum Gasteiger partial charge on any atom is -0.497 e. The van der Waals surface area contributed by atoms with E-state index in [1.54, 1.807) is 14.2 Å². The summed E-state index contributed by atoms with van der Waals surface area (Å²) in [5.74, 6) is 3.47. The zero-order valence-corrected chi connectivity index (χ0v) is 23.0. The van der Waals surface area contributed by atoms with Crippen LogP contribution >= 0.6 is 0 Å². The fourth-order valence-corrected chi connectivity index (χ4v) is 4.58. The van der Waals surface area contributed by atoms with Gasteiger partial charge in [-0.15, -0.1) is 0 Å². The van der Waals surface area contributed by atoms with Crippen LogP contribution in [0.25, 0.3) is 21.9 Å². The Morgan fingerprint density at radius 2 is 1.32 bits per heavy atom. The van der Waals surface area contributed by atoms with Gasteiger partial charge in [-0.2, -0.15) is 0 Å². The van der Waals surface area contributed by atoms with Crippen LogP contribution in [0.15, 0.2) is 103 Å². The van der Waals surface area contributed by atoms with Crippen molar-refractivity contribution in [2.45, 2.75) is 26.2 Å². The zero-order chi connectivity index (χ0) is 27.9. The quantitative estimate of drug-likeness (QED) is 0.133. The predicted molar refractivity (Wildman–Crippen MR) is 159 cm³/mol. The van der Waals surface area contributed by atoms with Crippen molar-refractivity contribution < 1.29 is 23.7 Å². The number of carbonyl (C=O) groups is 1. The van der Waals surface area contributed by atoms with E-state index in [1.807, 2.05) is 97.9 Å². The summed E-state index contributed by atoms with van der Waals surface area (Å²) in [7, 11) is 3.33. The molecule has 0 N–H and O–H groups in total. The number of hydrogen-bond acceptors (Lipinski definition) is 5. The highest BCUT2D eigenvalue weighted by molar-refractivity contribution is 5.96. The maximum atomic E-state index is 12.2. The van der Waals surface area contributed by atoms with Crippen LogP contribution in [0, 0.1) is 6.92 Å². The highest BCUT2D eigenvalue weighted by Crippen LogP contribution is 2.41. The van der Waals surface area contributed by atoms with E-state index in [9.17, 15) is 4.79 Å². The van der Waals surface area contributed by atoms with E-state index in [0.717, 1.165) is 62.4 Å². The molecule has 5 heteroatoms. The third-order valence-corrected chi connectivity index (χ3v) is 6.82. The molecular weight excluding hydrogens is 500 g/mol. The maximum Gasteiger partial charge on any atom is 0.311 e. The van der Waals surface area contributed by atoms with Gasteiger partial charge in [-0.3, -0.25) is 4.79 Å². The third kappa shape index (κ3) is 6.44. The Morgan fingerprint density at radius 1 is 0.675 bits per heavy atom. The van der Waals surface area contributed by atoms with Gasteiger partial charge in [0.25, 0.3) is 0 Å². The summed E-state index contributed by atoms with van der Waals surface area (Å²) in [5, 5.41) is 2.02. The van der Waals surface area contributed by atoms with E-state index >= 15 is 0 Å². The molecule has 5 aromatic rings. The molecule has 0 atom stereocenters. The molecule has 0 amide bonds. The molecule has 0 bridgehead atoms. The summed E-state index contributed by atoms with van der Waals surface area (Å²) >= 11 is 0. The van der Waals surface area contributed by atoms with E-state index in [2.05, 4.69) is 12.1 Å². The molecule has 40 heavy (non-hydrogen) atoms. The summed E-state index contributed by atoms with van der Waals surface area (Å²) in [6, 6.07) is 33.6. The van der Waals surface area contributed by atoms with E-state index < -0.39 is 0 Å². The second-order valence-corrected chi connectivity index (χ2v) is 9.64. The molecule has 5 nitrogen and oxygen atoms in total. The molecule has 0 radical (unpaired) electrons. The average Bonchev–Trinajstić information content (AvgIpc) is 2.99. The van der Waals surface area contributed by atoms with Gasteiger partial charge in [0.1, 0.15) is 28.7 Å². The van der Waals surface area contributed by atoms with Crippen LogP contribution in [0.1, 0.15) is 24.0 Å². The molecule has 0 saturated heterocycles. The Hall–Kier alpha value is -4.77. The van der Waals surface area contributed by atoms with Crippen molar-refractivity contribution in [1.29, 1.82) is 0 Å². The topological polar surface area (TPSA) is 54.0 Å². The molecule has 0 heterocycles. The molecule has 0 unspecified atom stereocenters. The Morgan fingerprint density at radius 3 is 2.02 bits per heavy atom. The lowest BCUT2D eigenvalue weighted by Gasteiger charge is -2.16. The number of methoxy groups -OCH3 is 2. The van der Waals surface area contributed by atoms with Crippen LogP contribution < -0.4 is 18.9 Å². The molecule has 202 valence electrons. The molecule has 0 aliphatic rings. The van der Waals surface area contributed by atoms with E-state index in [0.29, 0.717) is 18.6 Å². The molecule has 0 aromatic heterocycles. The lowest BCUT2D eigenvalue weighted by atomic mass is 9.99. The Labute approximate surface area is 234 Å². The van der Waals surface area contributed by atoms with Crippen LogP contribution in [-0.4, -0.2) is 20.2 Å². The van der Waals surface area contributed by atoms with E-state index in [4.69, 9.17) is 18.9 Å². The van der Waals surface area contributed by atoms with Gasteiger partial charge < -0.3 is 18.9 Å². The standard InChI is InChI=1S/C35H32O5/c1-24-7-14-29(15-8-24)39-34(36)6-4-5-25-9-16-30(17-10-25)40-35-32(26-11-18-28(37-2)19-12-26)21-13-27-23-31(38-3)20-22-33(27)35/h7-23H,4-6H2,1-3H3. The molecule has 0 aliphatic carbocycles. The number of ether oxygens (including phenoxy) is 4. The number of esters is 1. The minimum absolute atomic E-state index is 0.220. The summed E-state index contributed by atoms with van der Waals surface area (Å²) < 4.78 is 22.7. The average molecular weight is 533 g/mol. The number of rotatable bonds is 10. The zero-order valence-electron chi connectivity index (χ0n) is 23.0. The maximum absolute atomic E-state index is 12.2. The first kappa shape index (κ1) is 26.8. The molecule has 5 aromatic carbocycles. The minimum atomic E-state index is -0.220. The lowest BCUT2D eigenvalue weighted by Crippen LogP contribution is -2.08. The smallest absolute Gasteiger partial charge is 0.311 e. The number of hydrogen-bond donors (Lipinski definition) is 0. The SMILES string of the molecule is COc1ccc(-c2ccc3cc(OC)ccc3c2Oc2ccc(CCCC(=O)Oc3ccc(C)cc3)cc2)cc1. The highest BCUT2D eigenvalue weighted by atomic mass is 16.5. The number of benzene rings is 5. The predicted octanol–water partition coefficient (Wildman–Crippen LogP) is 8.55. The second-order valence-electron chi connectivity index (χ2n) is 9.64. The van der Waals surface area contributed by atoms with Crippen LogP contribution in [0.4, 0.5) is 0 Å². The van der Waals surface area contributed by atoms with Gasteiger partial charge in [-0.05, 0) is 96.9 Å². The largest absolute Gasteiger partial charge is 0.497 e. The van der Waals surface area contributed by atoms with Crippen LogP contribution in [0.3, 0.4) is 0 Å². The first-order valence-corrected chi connectivity index (χ1v) is 13.3. The lowest BCUT2D eigenvalue weighted by molar-refractivity contribution is -0.134. The molecular formula is C35H32O5. The Bertz CT molecular complexity index is 1590. The number of fused-ring (bicyclic) bond motifs is 1. The van der Waals surface area contributed by atoms with Crippen molar-refractivity contribution in [3.8, 4) is 39.9 Å². The van der Waals surface area contributed by atoms with Crippen molar-refractivity contribution in [3.05, 3.63) is 114 Å². The van der Waals surface area contributed by atoms with E-state index in [-0.39, 0.29) is 5.97 Å². The monoisotopic (exact) mass is 532 g/mol. The van der Waals surface area contributed by atoms with Gasteiger partial charge >= 0.3 is 5.97 Å². The third-order valence-electron chi connectivity index (χ3n) is 6.82. The van der Waals surface area contributed by atoms with Crippen molar-refractivity contribution >= 4 is 16.7 Å². The van der Waals surface area contributed by atoms with Gasteiger partial charge in [-0.1, -0.05) is 48.0 Å². The second kappa shape index (κ2) is 12.4. The van der Waals surface area contributed by atoms with Crippen LogP contribution in [0.5, 0.6) is 28.7 Å². The van der Waals surface area contributed by atoms with E-state index in [1.165, 1.54) is 0 Å². The summed E-state index contributed by atoms with van der Waals surface area (Å²) in [6.07, 6.45) is 1.84. The van der Waals surface area contributed by atoms with Crippen molar-refractivity contribution in [2.24, 2.45) is 0 Å². The normalized spacial score (nSPS) is 10.8. The molecule has 5 rings (SSSR count). The molecule has 0 fully saturated rings. The first-order valence-electron chi connectivity index (χ1n) is 13.3. The van der Waals surface area contributed by atoms with Crippen molar-refractivity contribution in [2.75, 3.05) is 14.2 Å². The van der Waals surface area contributed by atoms with Crippen LogP contribution in [-0.2, 0) is 11.2 Å². The first-order chi connectivity index (χ1) is 19.5. The highest BCUT2D eigenvalue weighted by Gasteiger charge is 2.14. The molecule has 0 aliphatic heterocycles. The molecule has 0 saturated carbocycles. The summed E-state index contributed by atoms with van der Waals surface area (Å²) in [6.45, 7) is 2.00. The summed E-state index contributed by atoms with van der Waals surface area (Å²) in [5.41, 5.74) is 4.28. The fraction of sp³-hybridized carbons (Fsp3) is 0.171. The van der Waals surface area contributed by atoms with Gasteiger partial charge in [0.05, 0.1) is 14.2 Å². The molecule has 0 spiro atoms.